The maximum absolute atomic E-state index is 14.7. The summed E-state index contributed by atoms with van der Waals surface area (Å²) in [6, 6.07) is 10.9. The Balaban J connectivity index is 0.000000900. The highest BCUT2D eigenvalue weighted by molar-refractivity contribution is 5.81. The predicted molar refractivity (Wildman–Crippen MR) is 153 cm³/mol. The van der Waals surface area contributed by atoms with Crippen molar-refractivity contribution in [2.75, 3.05) is 13.2 Å². The molecule has 11 nitrogen and oxygen atoms in total. The van der Waals surface area contributed by atoms with E-state index >= 15 is 0 Å². The molecule has 0 bridgehead atoms. The minimum atomic E-state index is -5.08. The standard InChI is InChI=1S/C27H34F2N6O3.C2HF3O2/c1-27(2,3)24(35(23(37)16-36)12-11-21(30)26(38)33-31)25-32-22(19-13-18(28)9-10-20(19)29)15-34(25)14-17-7-5-4-6-8-17;3-2(4,5)1(6)7/h4-10,13,15,21,24,36H,11-12,14,16,30-31H2,1-3H3,(H,33,38);(H,6,7)/t21-,24-;/m0./s1. The highest BCUT2D eigenvalue weighted by atomic mass is 19.4. The van der Waals surface area contributed by atoms with Crippen molar-refractivity contribution in [3.63, 3.8) is 0 Å². The largest absolute Gasteiger partial charge is 0.490 e. The van der Waals surface area contributed by atoms with E-state index in [1.165, 1.54) is 4.90 Å². The molecule has 3 rings (SSSR count). The molecule has 45 heavy (non-hydrogen) atoms. The van der Waals surface area contributed by atoms with E-state index in [0.29, 0.717) is 12.4 Å². The quantitative estimate of drug-likeness (QED) is 0.0970. The molecule has 1 aromatic heterocycles. The van der Waals surface area contributed by atoms with E-state index in [1.807, 2.05) is 56.5 Å². The second-order valence-corrected chi connectivity index (χ2v) is 10.9. The summed E-state index contributed by atoms with van der Waals surface area (Å²) >= 11 is 0. The lowest BCUT2D eigenvalue weighted by Crippen LogP contribution is -2.48. The third-order valence-corrected chi connectivity index (χ3v) is 6.44. The first-order valence-corrected chi connectivity index (χ1v) is 13.4. The number of carbonyl (C=O) groups is 3. The molecule has 16 heteroatoms. The van der Waals surface area contributed by atoms with Gasteiger partial charge in [-0.15, -0.1) is 0 Å². The number of aromatic nitrogens is 2. The number of aliphatic carboxylic acids is 1. The minimum absolute atomic E-state index is 0.0117. The molecule has 0 unspecified atom stereocenters. The van der Waals surface area contributed by atoms with Crippen LogP contribution in [0.3, 0.4) is 0 Å². The fourth-order valence-electron chi connectivity index (χ4n) is 4.38. The molecule has 0 aliphatic carbocycles. The zero-order chi connectivity index (χ0) is 34.1. The second-order valence-electron chi connectivity index (χ2n) is 10.9. The maximum Gasteiger partial charge on any atom is 0.490 e. The van der Waals surface area contributed by atoms with Gasteiger partial charge in [0.25, 0.3) is 5.91 Å². The summed E-state index contributed by atoms with van der Waals surface area (Å²) in [5.41, 5.74) is 8.37. The number of carboxylic acid groups (broad SMARTS) is 1. The Hall–Kier alpha value is -4.41. The summed E-state index contributed by atoms with van der Waals surface area (Å²) in [6.07, 6.45) is -3.40. The molecule has 2 aromatic carbocycles. The van der Waals surface area contributed by atoms with Crippen LogP contribution in [0.4, 0.5) is 22.0 Å². The molecular weight excluding hydrogens is 607 g/mol. The summed E-state index contributed by atoms with van der Waals surface area (Å²) in [7, 11) is 0. The van der Waals surface area contributed by atoms with Crippen LogP contribution < -0.4 is 17.0 Å². The smallest absolute Gasteiger partial charge is 0.475 e. The number of hydrogen-bond acceptors (Lipinski definition) is 7. The first kappa shape index (κ1) is 36.8. The van der Waals surface area contributed by atoms with Crippen LogP contribution in [0.15, 0.2) is 54.7 Å². The number of rotatable bonds is 10. The van der Waals surface area contributed by atoms with Crippen molar-refractivity contribution in [3.8, 4) is 11.3 Å². The summed E-state index contributed by atoms with van der Waals surface area (Å²) in [4.78, 5) is 39.9. The number of aliphatic hydroxyl groups excluding tert-OH is 1. The van der Waals surface area contributed by atoms with Gasteiger partial charge in [-0.2, -0.15) is 13.2 Å². The number of nitrogens with two attached hydrogens (primary N) is 2. The van der Waals surface area contributed by atoms with E-state index in [2.05, 4.69) is 0 Å². The number of hydrogen-bond donors (Lipinski definition) is 5. The average Bonchev–Trinajstić information content (AvgIpc) is 3.37. The molecule has 1 heterocycles. The van der Waals surface area contributed by atoms with Gasteiger partial charge in [0.15, 0.2) is 0 Å². The molecule has 0 fully saturated rings. The monoisotopic (exact) mass is 642 g/mol. The van der Waals surface area contributed by atoms with E-state index in [1.54, 1.807) is 10.8 Å². The van der Waals surface area contributed by atoms with E-state index < -0.39 is 59.7 Å². The fraction of sp³-hybridized carbons (Fsp3) is 0.379. The first-order valence-electron chi connectivity index (χ1n) is 13.4. The second kappa shape index (κ2) is 15.5. The van der Waals surface area contributed by atoms with Crippen LogP contribution in [0.2, 0.25) is 0 Å². The molecule has 3 aromatic rings. The molecule has 7 N–H and O–H groups in total. The number of carboxylic acids is 1. The van der Waals surface area contributed by atoms with Gasteiger partial charge in [-0.1, -0.05) is 51.1 Å². The molecular formula is C29H35F5N6O5. The molecule has 0 aliphatic rings. The number of nitrogens with one attached hydrogen (secondary N) is 1. The number of hydrazine groups is 1. The topological polar surface area (TPSA) is 177 Å². The SMILES string of the molecule is CC(C)(C)[C@H](c1nc(-c2cc(F)ccc2F)cn1Cc1ccccc1)N(CC[C@H](N)C(=O)NN)C(=O)CO.O=C(O)C(F)(F)F. The van der Waals surface area contributed by atoms with Crippen molar-refractivity contribution in [3.05, 3.63) is 77.8 Å². The van der Waals surface area contributed by atoms with Crippen molar-refractivity contribution in [1.82, 2.24) is 19.9 Å². The van der Waals surface area contributed by atoms with Crippen LogP contribution in [0.1, 0.15) is 44.6 Å². The molecule has 246 valence electrons. The highest BCUT2D eigenvalue weighted by Crippen LogP contribution is 2.39. The number of aliphatic hydroxyl groups is 1. The Morgan fingerprint density at radius 2 is 1.67 bits per heavy atom. The normalized spacial score (nSPS) is 12.9. The summed E-state index contributed by atoms with van der Waals surface area (Å²) < 4.78 is 62.3. The number of imidazole rings is 1. The Morgan fingerprint density at radius 1 is 1.07 bits per heavy atom. The predicted octanol–water partition coefficient (Wildman–Crippen LogP) is 3.13. The molecule has 0 radical (unpaired) electrons. The summed E-state index contributed by atoms with van der Waals surface area (Å²) in [5.74, 6) is 0.384. The van der Waals surface area contributed by atoms with Gasteiger partial charge in [0, 0.05) is 24.8 Å². The van der Waals surface area contributed by atoms with Crippen LogP contribution >= 0.6 is 0 Å². The first-order chi connectivity index (χ1) is 20.9. The number of carbonyl (C=O) groups excluding carboxylic acids is 2. The van der Waals surface area contributed by atoms with Crippen molar-refractivity contribution in [2.45, 2.75) is 52.0 Å². The van der Waals surface area contributed by atoms with Gasteiger partial charge in [0.2, 0.25) is 5.91 Å². The molecule has 0 spiro atoms. The average molecular weight is 643 g/mol. The Bertz CT molecular complexity index is 1460. The lowest BCUT2D eigenvalue weighted by Gasteiger charge is -2.40. The van der Waals surface area contributed by atoms with E-state index in [9.17, 15) is 36.6 Å². The number of nitrogens with zero attached hydrogens (tertiary/aromatic N) is 3. The van der Waals surface area contributed by atoms with Crippen LogP contribution in [0, 0.1) is 17.0 Å². The molecule has 2 amide bonds. The van der Waals surface area contributed by atoms with Gasteiger partial charge < -0.3 is 25.4 Å². The van der Waals surface area contributed by atoms with Crippen molar-refractivity contribution in [2.24, 2.45) is 17.0 Å². The van der Waals surface area contributed by atoms with Gasteiger partial charge in [0.05, 0.1) is 17.8 Å². The molecule has 0 saturated carbocycles. The van der Waals surface area contributed by atoms with Crippen molar-refractivity contribution in [1.29, 1.82) is 0 Å². The minimum Gasteiger partial charge on any atom is -0.475 e. The van der Waals surface area contributed by atoms with Gasteiger partial charge >= 0.3 is 12.1 Å². The van der Waals surface area contributed by atoms with Gasteiger partial charge in [0.1, 0.15) is 24.1 Å². The van der Waals surface area contributed by atoms with E-state index in [0.717, 1.165) is 23.8 Å². The zero-order valence-corrected chi connectivity index (χ0v) is 24.7. The fourth-order valence-corrected chi connectivity index (χ4v) is 4.38. The third kappa shape index (κ3) is 10.3. The number of amides is 2. The lowest BCUT2D eigenvalue weighted by atomic mass is 9.84. The Labute approximate surface area is 255 Å². The Kier molecular flexibility index (Phi) is 12.7. The van der Waals surface area contributed by atoms with Crippen molar-refractivity contribution < 1.29 is 46.5 Å². The zero-order valence-electron chi connectivity index (χ0n) is 24.7. The van der Waals surface area contributed by atoms with Crippen LogP contribution in [0.25, 0.3) is 11.3 Å². The van der Waals surface area contributed by atoms with Crippen LogP contribution in [-0.4, -0.2) is 67.8 Å². The number of benzene rings is 2. The van der Waals surface area contributed by atoms with Gasteiger partial charge in [-0.25, -0.2) is 24.4 Å². The lowest BCUT2D eigenvalue weighted by molar-refractivity contribution is -0.192. The maximum atomic E-state index is 14.7. The van der Waals surface area contributed by atoms with Crippen LogP contribution in [0.5, 0.6) is 0 Å². The van der Waals surface area contributed by atoms with Gasteiger partial charge in [-0.05, 0) is 35.6 Å². The number of alkyl halides is 3. The molecule has 2 atom stereocenters. The van der Waals surface area contributed by atoms with Crippen LogP contribution in [-0.2, 0) is 20.9 Å². The third-order valence-electron chi connectivity index (χ3n) is 6.44. The summed E-state index contributed by atoms with van der Waals surface area (Å²) in [6.45, 7) is 5.25. The Morgan fingerprint density at radius 3 is 2.18 bits per heavy atom. The van der Waals surface area contributed by atoms with Gasteiger partial charge in [-0.3, -0.25) is 15.0 Å². The van der Waals surface area contributed by atoms with E-state index in [-0.39, 0.29) is 24.2 Å². The number of halogens is 5. The van der Waals surface area contributed by atoms with E-state index in [4.69, 9.17) is 26.5 Å². The molecule has 0 aliphatic heterocycles. The molecule has 0 saturated heterocycles. The highest BCUT2D eigenvalue weighted by Gasteiger charge is 2.39. The van der Waals surface area contributed by atoms with Crippen molar-refractivity contribution >= 4 is 17.8 Å². The summed E-state index contributed by atoms with van der Waals surface area (Å²) in [5, 5.41) is 16.9.